The lowest BCUT2D eigenvalue weighted by atomic mass is 9.78. The number of nitrogens with one attached hydrogen (secondary N) is 1. The van der Waals surface area contributed by atoms with Crippen LogP contribution in [0.3, 0.4) is 0 Å². The summed E-state index contributed by atoms with van der Waals surface area (Å²) < 4.78 is 5.06. The van der Waals surface area contributed by atoms with E-state index in [2.05, 4.69) is 10.5 Å². The molecular weight excluding hydrogens is 258 g/mol. The van der Waals surface area contributed by atoms with Crippen LogP contribution in [0.15, 0.2) is 5.16 Å². The van der Waals surface area contributed by atoms with Gasteiger partial charge in [0.1, 0.15) is 5.41 Å². The molecule has 0 radical (unpaired) electrons. The first-order chi connectivity index (χ1) is 9.56. The van der Waals surface area contributed by atoms with Crippen molar-refractivity contribution in [3.05, 3.63) is 0 Å². The predicted molar refractivity (Wildman–Crippen MR) is 77.6 cm³/mol. The molecule has 6 nitrogen and oxygen atoms in total. The molecule has 0 saturated heterocycles. The van der Waals surface area contributed by atoms with E-state index in [4.69, 9.17) is 15.7 Å². The van der Waals surface area contributed by atoms with Gasteiger partial charge in [-0.3, -0.25) is 4.79 Å². The zero-order valence-electron chi connectivity index (χ0n) is 12.5. The Morgan fingerprint density at radius 2 is 2.00 bits per heavy atom. The van der Waals surface area contributed by atoms with Gasteiger partial charge in [-0.25, -0.2) is 0 Å². The van der Waals surface area contributed by atoms with E-state index in [9.17, 15) is 4.79 Å². The van der Waals surface area contributed by atoms with Gasteiger partial charge in [0.2, 0.25) is 5.91 Å². The van der Waals surface area contributed by atoms with Gasteiger partial charge in [-0.05, 0) is 18.8 Å². The Morgan fingerprint density at radius 3 is 2.50 bits per heavy atom. The van der Waals surface area contributed by atoms with Crippen LogP contribution in [0, 0.1) is 11.3 Å². The second-order valence-corrected chi connectivity index (χ2v) is 5.75. The van der Waals surface area contributed by atoms with E-state index in [1.807, 2.05) is 6.92 Å². The highest BCUT2D eigenvalue weighted by molar-refractivity contribution is 6.06. The Labute approximate surface area is 120 Å². The largest absolute Gasteiger partial charge is 0.409 e. The van der Waals surface area contributed by atoms with Gasteiger partial charge in [0, 0.05) is 13.7 Å². The van der Waals surface area contributed by atoms with Crippen LogP contribution in [-0.2, 0) is 9.53 Å². The van der Waals surface area contributed by atoms with Crippen molar-refractivity contribution in [2.24, 2.45) is 22.2 Å². The fourth-order valence-corrected chi connectivity index (χ4v) is 2.81. The van der Waals surface area contributed by atoms with Crippen LogP contribution < -0.4 is 11.1 Å². The summed E-state index contributed by atoms with van der Waals surface area (Å²) in [7, 11) is 1.64. The van der Waals surface area contributed by atoms with E-state index in [0.717, 1.165) is 25.7 Å². The predicted octanol–water partition coefficient (Wildman–Crippen LogP) is 1.47. The third-order valence-electron chi connectivity index (χ3n) is 4.05. The lowest BCUT2D eigenvalue weighted by Gasteiger charge is -2.30. The highest BCUT2D eigenvalue weighted by Crippen LogP contribution is 2.35. The molecule has 0 aromatic rings. The Hall–Kier alpha value is -1.30. The summed E-state index contributed by atoms with van der Waals surface area (Å²) in [5, 5.41) is 15.1. The molecule has 20 heavy (non-hydrogen) atoms. The molecule has 1 aliphatic rings. The number of oxime groups is 1. The molecule has 0 heterocycles. The van der Waals surface area contributed by atoms with Crippen LogP contribution in [0.1, 0.15) is 45.4 Å². The number of nitrogens with zero attached hydrogens (tertiary/aromatic N) is 1. The summed E-state index contributed by atoms with van der Waals surface area (Å²) >= 11 is 0. The quantitative estimate of drug-likeness (QED) is 0.226. The van der Waals surface area contributed by atoms with Crippen molar-refractivity contribution in [2.45, 2.75) is 45.4 Å². The molecule has 1 atom stereocenters. The number of amidine groups is 1. The number of ether oxygens (including phenoxy) is 1. The molecule has 1 aliphatic carbocycles. The molecule has 0 aromatic heterocycles. The van der Waals surface area contributed by atoms with Crippen molar-refractivity contribution in [3.63, 3.8) is 0 Å². The first kappa shape index (κ1) is 16.8. The zero-order chi connectivity index (χ0) is 15.0. The average molecular weight is 285 g/mol. The fraction of sp³-hybridized carbons (Fsp3) is 0.857. The summed E-state index contributed by atoms with van der Waals surface area (Å²) in [6.07, 6.45) is 5.33. The van der Waals surface area contributed by atoms with E-state index < -0.39 is 5.41 Å². The number of hydrogen-bond donors (Lipinski definition) is 3. The van der Waals surface area contributed by atoms with Gasteiger partial charge in [-0.15, -0.1) is 0 Å². The molecular formula is C14H27N3O3. The molecule has 6 heteroatoms. The summed E-state index contributed by atoms with van der Waals surface area (Å²) in [4.78, 5) is 12.6. The van der Waals surface area contributed by atoms with Gasteiger partial charge < -0.3 is 21.0 Å². The topological polar surface area (TPSA) is 96.9 Å². The van der Waals surface area contributed by atoms with Crippen LogP contribution in [0.4, 0.5) is 0 Å². The number of nitrogens with two attached hydrogens (primary N) is 1. The van der Waals surface area contributed by atoms with Crippen molar-refractivity contribution >= 4 is 11.7 Å². The second-order valence-electron chi connectivity index (χ2n) is 5.75. The SMILES string of the molecule is COCC(C)CNC(=O)C1(C(N)=NO)CCCCCC1. The molecule has 0 spiro atoms. The van der Waals surface area contributed by atoms with Gasteiger partial charge in [-0.2, -0.15) is 0 Å². The lowest BCUT2D eigenvalue weighted by molar-refractivity contribution is -0.128. The van der Waals surface area contributed by atoms with Crippen LogP contribution in [0.5, 0.6) is 0 Å². The first-order valence-corrected chi connectivity index (χ1v) is 7.32. The maximum Gasteiger partial charge on any atom is 0.233 e. The van der Waals surface area contributed by atoms with Crippen molar-refractivity contribution in [1.82, 2.24) is 5.32 Å². The number of carbonyl (C=O) groups excluding carboxylic acids is 1. The van der Waals surface area contributed by atoms with E-state index in [-0.39, 0.29) is 17.7 Å². The molecule has 116 valence electrons. The van der Waals surface area contributed by atoms with E-state index >= 15 is 0 Å². The van der Waals surface area contributed by atoms with Crippen molar-refractivity contribution in [3.8, 4) is 0 Å². The lowest BCUT2D eigenvalue weighted by Crippen LogP contribution is -2.50. The van der Waals surface area contributed by atoms with Crippen LogP contribution in [0.25, 0.3) is 0 Å². The number of methoxy groups -OCH3 is 1. The Balaban J connectivity index is 2.74. The monoisotopic (exact) mass is 285 g/mol. The van der Waals surface area contributed by atoms with Gasteiger partial charge in [0.05, 0.1) is 6.61 Å². The maximum absolute atomic E-state index is 12.6. The van der Waals surface area contributed by atoms with Crippen LogP contribution in [0.2, 0.25) is 0 Å². The molecule has 1 rings (SSSR count). The van der Waals surface area contributed by atoms with Crippen molar-refractivity contribution in [2.75, 3.05) is 20.3 Å². The third-order valence-corrected chi connectivity index (χ3v) is 4.05. The fourth-order valence-electron chi connectivity index (χ4n) is 2.81. The molecule has 0 aliphatic heterocycles. The minimum absolute atomic E-state index is 0.0382. The van der Waals surface area contributed by atoms with Gasteiger partial charge in [-0.1, -0.05) is 37.8 Å². The van der Waals surface area contributed by atoms with Crippen LogP contribution >= 0.6 is 0 Å². The van der Waals surface area contributed by atoms with Crippen molar-refractivity contribution in [1.29, 1.82) is 0 Å². The van der Waals surface area contributed by atoms with Crippen molar-refractivity contribution < 1.29 is 14.7 Å². The maximum atomic E-state index is 12.6. The Kier molecular flexibility index (Phi) is 6.78. The number of hydrogen-bond acceptors (Lipinski definition) is 4. The Morgan fingerprint density at radius 1 is 1.40 bits per heavy atom. The molecule has 1 amide bonds. The third kappa shape index (κ3) is 4.10. The minimum Gasteiger partial charge on any atom is -0.409 e. The highest BCUT2D eigenvalue weighted by Gasteiger charge is 2.42. The number of amides is 1. The zero-order valence-corrected chi connectivity index (χ0v) is 12.5. The summed E-state index contributed by atoms with van der Waals surface area (Å²) in [5.74, 6) is 0.146. The molecule has 1 fully saturated rings. The highest BCUT2D eigenvalue weighted by atomic mass is 16.5. The van der Waals surface area contributed by atoms with Gasteiger partial charge in [0.15, 0.2) is 5.84 Å². The summed E-state index contributed by atoms with van der Waals surface area (Å²) in [5.41, 5.74) is 4.98. The van der Waals surface area contributed by atoms with E-state index in [0.29, 0.717) is 26.0 Å². The standard InChI is InChI=1S/C14H27N3O3/c1-11(10-20-2)9-16-13(18)14(12(15)17-19)7-5-3-4-6-8-14/h11,19H,3-10H2,1-2H3,(H2,15,17)(H,16,18). The Bertz CT molecular complexity index is 337. The second kappa shape index (κ2) is 8.09. The number of rotatable bonds is 6. The smallest absolute Gasteiger partial charge is 0.233 e. The van der Waals surface area contributed by atoms with Gasteiger partial charge >= 0.3 is 0 Å². The normalized spacial score (nSPS) is 21.0. The van der Waals surface area contributed by atoms with Gasteiger partial charge in [0.25, 0.3) is 0 Å². The molecule has 4 N–H and O–H groups in total. The molecule has 0 bridgehead atoms. The molecule has 1 saturated carbocycles. The van der Waals surface area contributed by atoms with Crippen LogP contribution in [-0.4, -0.2) is 37.2 Å². The summed E-state index contributed by atoms with van der Waals surface area (Å²) in [6.45, 7) is 3.14. The van der Waals surface area contributed by atoms with E-state index in [1.165, 1.54) is 0 Å². The molecule has 0 aromatic carbocycles. The number of carbonyl (C=O) groups is 1. The first-order valence-electron chi connectivity index (χ1n) is 7.32. The molecule has 1 unspecified atom stereocenters. The average Bonchev–Trinajstić information content (AvgIpc) is 2.71. The summed E-state index contributed by atoms with van der Waals surface area (Å²) in [6, 6.07) is 0. The minimum atomic E-state index is -0.849. The van der Waals surface area contributed by atoms with E-state index in [1.54, 1.807) is 7.11 Å².